The summed E-state index contributed by atoms with van der Waals surface area (Å²) in [6.45, 7) is 0. The predicted octanol–water partition coefficient (Wildman–Crippen LogP) is 4.38. The van der Waals surface area contributed by atoms with Crippen LogP contribution in [-0.4, -0.2) is 14.2 Å². The molecule has 1 atom stereocenters. The van der Waals surface area contributed by atoms with Crippen molar-refractivity contribution in [1.82, 2.24) is 9.13 Å². The van der Waals surface area contributed by atoms with E-state index in [0.717, 1.165) is 10.9 Å². The molecule has 0 unspecified atom stereocenters. The summed E-state index contributed by atoms with van der Waals surface area (Å²) in [5.41, 5.74) is 1.91. The molecule has 0 amide bonds. The molecule has 0 aliphatic carbocycles. The first-order chi connectivity index (χ1) is 16.0. The highest BCUT2D eigenvalue weighted by Crippen LogP contribution is 2.49. The van der Waals surface area contributed by atoms with Gasteiger partial charge in [-0.3, -0.25) is 9.59 Å². The van der Waals surface area contributed by atoms with Crippen molar-refractivity contribution >= 4 is 21.8 Å². The number of benzene rings is 3. The first-order valence-electron chi connectivity index (χ1n) is 10.7. The van der Waals surface area contributed by atoms with Crippen LogP contribution in [0.25, 0.3) is 21.8 Å². The Morgan fingerprint density at radius 1 is 0.727 bits per heavy atom. The molecule has 6 heteroatoms. The van der Waals surface area contributed by atoms with Gasteiger partial charge >= 0.3 is 0 Å². The quantitative estimate of drug-likeness (QED) is 0.415. The van der Waals surface area contributed by atoms with Crippen LogP contribution in [0.2, 0.25) is 0 Å². The largest absolute Gasteiger partial charge is 0.507 e. The molecule has 3 aromatic carbocycles. The van der Waals surface area contributed by atoms with Gasteiger partial charge in [0.05, 0.1) is 28.1 Å². The van der Waals surface area contributed by atoms with E-state index in [1.165, 1.54) is 4.57 Å². The molecule has 33 heavy (non-hydrogen) atoms. The number of ether oxygens (including phenoxy) is 1. The fourth-order valence-corrected chi connectivity index (χ4v) is 5.00. The van der Waals surface area contributed by atoms with E-state index in [9.17, 15) is 14.7 Å². The highest BCUT2D eigenvalue weighted by Gasteiger charge is 2.37. The third-order valence-electron chi connectivity index (χ3n) is 6.62. The Hall–Kier alpha value is -4.32. The van der Waals surface area contributed by atoms with E-state index in [-0.39, 0.29) is 22.4 Å². The first-order valence-corrected chi connectivity index (χ1v) is 10.7. The van der Waals surface area contributed by atoms with E-state index in [1.807, 2.05) is 60.7 Å². The second kappa shape index (κ2) is 6.84. The summed E-state index contributed by atoms with van der Waals surface area (Å²) >= 11 is 0. The first kappa shape index (κ1) is 19.4. The standard InChI is InChI=1S/C27H20N2O4/c1-28-18-12-6-3-9-15(18)24(30)22(26(28)31)21-17-11-5-8-14-20(17)33-25-16-10-4-7-13-19(16)29(2)27(32)23(21)25/h3-14,21,30H,1-2H3/t21-/m1/s1. The Labute approximate surface area is 188 Å². The maximum atomic E-state index is 13.7. The number of nitrogens with zero attached hydrogens (tertiary/aromatic N) is 2. The van der Waals surface area contributed by atoms with E-state index in [2.05, 4.69) is 0 Å². The Bertz CT molecular complexity index is 1700. The van der Waals surface area contributed by atoms with Gasteiger partial charge in [0.15, 0.2) is 0 Å². The number of aromatic hydroxyl groups is 1. The van der Waals surface area contributed by atoms with Gasteiger partial charge in [-0.15, -0.1) is 0 Å². The van der Waals surface area contributed by atoms with Crippen LogP contribution in [0.1, 0.15) is 22.6 Å². The van der Waals surface area contributed by atoms with Crippen molar-refractivity contribution in [3.8, 4) is 17.2 Å². The summed E-state index contributed by atoms with van der Waals surface area (Å²) in [7, 11) is 3.39. The van der Waals surface area contributed by atoms with Crippen LogP contribution in [0.15, 0.2) is 82.4 Å². The molecule has 0 saturated heterocycles. The summed E-state index contributed by atoms with van der Waals surface area (Å²) in [6, 6.07) is 22.1. The number of aryl methyl sites for hydroxylation is 2. The van der Waals surface area contributed by atoms with Crippen LogP contribution in [0.5, 0.6) is 17.2 Å². The van der Waals surface area contributed by atoms with Crippen molar-refractivity contribution in [2.45, 2.75) is 5.92 Å². The van der Waals surface area contributed by atoms with Gasteiger partial charge in [-0.2, -0.15) is 0 Å². The number of para-hydroxylation sites is 3. The van der Waals surface area contributed by atoms with Crippen molar-refractivity contribution in [1.29, 1.82) is 0 Å². The molecule has 0 fully saturated rings. The molecule has 162 valence electrons. The molecular formula is C27H20N2O4. The van der Waals surface area contributed by atoms with Crippen molar-refractivity contribution in [2.75, 3.05) is 0 Å². The number of rotatable bonds is 1. The number of hydrogen-bond donors (Lipinski definition) is 1. The molecule has 6 nitrogen and oxygen atoms in total. The third kappa shape index (κ3) is 2.55. The Morgan fingerprint density at radius 3 is 2.00 bits per heavy atom. The minimum atomic E-state index is -0.781. The summed E-state index contributed by atoms with van der Waals surface area (Å²) < 4.78 is 9.36. The van der Waals surface area contributed by atoms with Gasteiger partial charge in [0.25, 0.3) is 11.1 Å². The van der Waals surface area contributed by atoms with Gasteiger partial charge in [0.1, 0.15) is 17.2 Å². The van der Waals surface area contributed by atoms with Crippen molar-refractivity contribution in [3.05, 3.63) is 110 Å². The van der Waals surface area contributed by atoms with Crippen LogP contribution in [-0.2, 0) is 14.1 Å². The van der Waals surface area contributed by atoms with Gasteiger partial charge in [-0.05, 0) is 30.3 Å². The van der Waals surface area contributed by atoms with Gasteiger partial charge in [0, 0.05) is 30.4 Å². The molecule has 0 bridgehead atoms. The molecule has 0 radical (unpaired) electrons. The average molecular weight is 436 g/mol. The smallest absolute Gasteiger partial charge is 0.258 e. The van der Waals surface area contributed by atoms with Gasteiger partial charge in [0.2, 0.25) is 0 Å². The number of fused-ring (bicyclic) bond motifs is 5. The van der Waals surface area contributed by atoms with Gasteiger partial charge in [-0.25, -0.2) is 0 Å². The van der Waals surface area contributed by atoms with Gasteiger partial charge in [-0.1, -0.05) is 42.5 Å². The topological polar surface area (TPSA) is 73.5 Å². The molecule has 5 aromatic rings. The molecule has 6 rings (SSSR count). The molecule has 0 saturated carbocycles. The summed E-state index contributed by atoms with van der Waals surface area (Å²) in [6.07, 6.45) is 0. The molecule has 1 aliphatic heterocycles. The van der Waals surface area contributed by atoms with Crippen LogP contribution in [0, 0.1) is 0 Å². The number of hydrogen-bond acceptors (Lipinski definition) is 4. The van der Waals surface area contributed by atoms with Crippen LogP contribution < -0.4 is 15.9 Å². The maximum Gasteiger partial charge on any atom is 0.258 e. The normalized spacial score (nSPS) is 14.7. The zero-order valence-corrected chi connectivity index (χ0v) is 18.1. The lowest BCUT2D eigenvalue weighted by atomic mass is 9.82. The highest BCUT2D eigenvalue weighted by atomic mass is 16.5. The zero-order valence-electron chi connectivity index (χ0n) is 18.1. The fourth-order valence-electron chi connectivity index (χ4n) is 5.00. The Kier molecular flexibility index (Phi) is 4.01. The summed E-state index contributed by atoms with van der Waals surface area (Å²) in [5, 5.41) is 12.7. The van der Waals surface area contributed by atoms with E-state index in [4.69, 9.17) is 4.74 Å². The lowest BCUT2D eigenvalue weighted by Crippen LogP contribution is -2.32. The molecule has 1 aliphatic rings. The highest BCUT2D eigenvalue weighted by molar-refractivity contribution is 5.90. The van der Waals surface area contributed by atoms with Crippen LogP contribution >= 0.6 is 0 Å². The zero-order chi connectivity index (χ0) is 22.9. The Balaban J connectivity index is 1.81. The average Bonchev–Trinajstić information content (AvgIpc) is 2.85. The van der Waals surface area contributed by atoms with E-state index >= 15 is 0 Å². The molecule has 1 N–H and O–H groups in total. The second-order valence-corrected chi connectivity index (χ2v) is 8.34. The minimum Gasteiger partial charge on any atom is -0.507 e. The van der Waals surface area contributed by atoms with Crippen molar-refractivity contribution in [3.63, 3.8) is 0 Å². The van der Waals surface area contributed by atoms with E-state index < -0.39 is 5.92 Å². The van der Waals surface area contributed by atoms with Crippen molar-refractivity contribution in [2.24, 2.45) is 14.1 Å². The van der Waals surface area contributed by atoms with Gasteiger partial charge < -0.3 is 19.0 Å². The monoisotopic (exact) mass is 436 g/mol. The predicted molar refractivity (Wildman–Crippen MR) is 128 cm³/mol. The fraction of sp³-hybridized carbons (Fsp3) is 0.111. The van der Waals surface area contributed by atoms with Crippen molar-refractivity contribution < 1.29 is 9.84 Å². The lowest BCUT2D eigenvalue weighted by molar-refractivity contribution is 0.444. The second-order valence-electron chi connectivity index (χ2n) is 8.34. The molecule has 3 heterocycles. The maximum absolute atomic E-state index is 13.7. The molecular weight excluding hydrogens is 416 g/mol. The number of pyridine rings is 2. The van der Waals surface area contributed by atoms with E-state index in [1.54, 1.807) is 30.8 Å². The van der Waals surface area contributed by atoms with Crippen LogP contribution in [0.4, 0.5) is 0 Å². The summed E-state index contributed by atoms with van der Waals surface area (Å²) in [4.78, 5) is 27.3. The summed E-state index contributed by atoms with van der Waals surface area (Å²) in [5.74, 6) is 0.0863. The minimum absolute atomic E-state index is 0.114. The number of aromatic nitrogens is 2. The van der Waals surface area contributed by atoms with Crippen LogP contribution in [0.3, 0.4) is 0 Å². The van der Waals surface area contributed by atoms with E-state index in [0.29, 0.717) is 33.5 Å². The molecule has 0 spiro atoms. The molecule has 2 aromatic heterocycles. The Morgan fingerprint density at radius 2 is 1.27 bits per heavy atom. The third-order valence-corrected chi connectivity index (χ3v) is 6.62. The lowest BCUT2D eigenvalue weighted by Gasteiger charge is -2.30. The SMILES string of the molecule is Cn1c(=O)c([C@H]2c3ccccc3Oc3c2c(=O)n(C)c2ccccc32)c(O)c2ccccc21.